The predicted octanol–water partition coefficient (Wildman–Crippen LogP) is -1.27. The molecule has 0 rings (SSSR count). The first-order chi connectivity index (χ1) is 4.22. The smallest absolute Gasteiger partial charge is 0.257 e. The van der Waals surface area contributed by atoms with Gasteiger partial charge in [-0.25, -0.2) is 0 Å². The molecule has 0 amide bonds. The van der Waals surface area contributed by atoms with E-state index in [-0.39, 0.29) is 11.8 Å². The van der Waals surface area contributed by atoms with Crippen LogP contribution in [-0.2, 0) is 9.45 Å². The monoisotopic (exact) mass is 129 g/mol. The molecule has 0 aliphatic rings. The summed E-state index contributed by atoms with van der Waals surface area (Å²) in [5.41, 5.74) is 0. The van der Waals surface area contributed by atoms with Crippen molar-refractivity contribution >= 4 is 13.8 Å². The van der Waals surface area contributed by atoms with Crippen LogP contribution in [0.5, 0.6) is 0 Å². The van der Waals surface area contributed by atoms with Gasteiger partial charge < -0.3 is 9.97 Å². The maximum Gasteiger partial charge on any atom is 0.257 e. The first kappa shape index (κ1) is 8.65. The second-order valence-electron chi connectivity index (χ2n) is 1.91. The highest BCUT2D eigenvalue weighted by atomic mass is 16.4. The molecule has 3 nitrogen and oxygen atoms in total. The molecule has 0 aromatic carbocycles. The Balaban J connectivity index is 3.54. The third-order valence-corrected chi connectivity index (χ3v) is 1.17. The van der Waals surface area contributed by atoms with E-state index in [1.165, 1.54) is 0 Å². The van der Waals surface area contributed by atoms with Crippen molar-refractivity contribution in [3.8, 4) is 0 Å². The van der Waals surface area contributed by atoms with Crippen LogP contribution >= 0.6 is 0 Å². The fraction of sp³-hybridized carbons (Fsp3) is 0.800. The molecule has 0 heterocycles. The highest BCUT2D eigenvalue weighted by Crippen LogP contribution is 1.83. The zero-order chi connectivity index (χ0) is 7.28. The fourth-order valence-corrected chi connectivity index (χ4v) is 0.571. The van der Waals surface area contributed by atoms with Gasteiger partial charge >= 0.3 is 0 Å². The second-order valence-corrected chi connectivity index (χ2v) is 1.91. The summed E-state index contributed by atoms with van der Waals surface area (Å²) in [5.74, 6) is 0.111. The van der Waals surface area contributed by atoms with Gasteiger partial charge in [-0.3, -0.25) is 4.79 Å². The number of hydrogen-bond acceptors (Lipinski definition) is 3. The van der Waals surface area contributed by atoms with Gasteiger partial charge in [-0.15, -0.1) is 0 Å². The van der Waals surface area contributed by atoms with Crippen LogP contribution in [0.25, 0.3) is 0 Å². The maximum absolute atomic E-state index is 10.6. The average molecular weight is 129 g/mol. The molecule has 0 bridgehead atoms. The standard InChI is InChI=1S/C5H12BNO2/c1-4(8)5(7-2)3-9-6/h5,7H,3,6H2,1-2H3. The number of ketones is 1. The number of likely N-dealkylation sites (N-methyl/N-ethyl adjacent to an activating group) is 1. The molecular formula is C5H12BNO2. The van der Waals surface area contributed by atoms with E-state index in [9.17, 15) is 4.79 Å². The van der Waals surface area contributed by atoms with Crippen molar-refractivity contribution in [3.05, 3.63) is 0 Å². The van der Waals surface area contributed by atoms with Crippen molar-refractivity contribution in [1.82, 2.24) is 5.32 Å². The van der Waals surface area contributed by atoms with Crippen molar-refractivity contribution in [1.29, 1.82) is 0 Å². The lowest BCUT2D eigenvalue weighted by Crippen LogP contribution is -2.36. The number of Topliss-reactive ketones (excluding diaryl/α,β-unsaturated/α-hetero) is 1. The molecule has 0 spiro atoms. The summed E-state index contributed by atoms with van der Waals surface area (Å²) in [7, 11) is 3.32. The summed E-state index contributed by atoms with van der Waals surface area (Å²) in [5, 5.41) is 2.83. The van der Waals surface area contributed by atoms with E-state index in [2.05, 4.69) is 5.32 Å². The molecule has 1 atom stereocenters. The van der Waals surface area contributed by atoms with Crippen molar-refractivity contribution in [2.24, 2.45) is 0 Å². The Hall–Kier alpha value is -0.345. The van der Waals surface area contributed by atoms with Gasteiger partial charge in [0, 0.05) is 0 Å². The van der Waals surface area contributed by atoms with Crippen LogP contribution < -0.4 is 5.32 Å². The van der Waals surface area contributed by atoms with Crippen molar-refractivity contribution < 1.29 is 9.45 Å². The fourth-order valence-electron chi connectivity index (χ4n) is 0.571. The number of carbonyl (C=O) groups excluding carboxylic acids is 1. The molecule has 0 aliphatic carbocycles. The summed E-state index contributed by atoms with van der Waals surface area (Å²) >= 11 is 0. The maximum atomic E-state index is 10.6. The van der Waals surface area contributed by atoms with E-state index < -0.39 is 0 Å². The number of nitrogens with one attached hydrogen (secondary N) is 1. The zero-order valence-corrected chi connectivity index (χ0v) is 6.10. The lowest BCUT2D eigenvalue weighted by Gasteiger charge is -2.10. The largest absolute Gasteiger partial charge is 0.442 e. The Labute approximate surface area is 56.2 Å². The van der Waals surface area contributed by atoms with E-state index in [1.807, 2.05) is 0 Å². The number of rotatable bonds is 4. The van der Waals surface area contributed by atoms with Crippen molar-refractivity contribution in [3.63, 3.8) is 0 Å². The lowest BCUT2D eigenvalue weighted by molar-refractivity contribution is -0.119. The molecule has 1 N–H and O–H groups in total. The van der Waals surface area contributed by atoms with Gasteiger partial charge in [0.15, 0.2) is 0 Å². The second kappa shape index (κ2) is 4.53. The van der Waals surface area contributed by atoms with Gasteiger partial charge in [0.05, 0.1) is 12.6 Å². The zero-order valence-electron chi connectivity index (χ0n) is 6.10. The molecule has 1 unspecified atom stereocenters. The first-order valence-corrected chi connectivity index (χ1v) is 2.89. The highest BCUT2D eigenvalue weighted by molar-refractivity contribution is 5.98. The highest BCUT2D eigenvalue weighted by Gasteiger charge is 2.08. The van der Waals surface area contributed by atoms with Gasteiger partial charge in [0.2, 0.25) is 0 Å². The summed E-state index contributed by atoms with van der Waals surface area (Å²) in [4.78, 5) is 10.6. The number of carbonyl (C=O) groups is 1. The van der Waals surface area contributed by atoms with Crippen molar-refractivity contribution in [2.75, 3.05) is 13.7 Å². The molecule has 0 aliphatic heterocycles. The third-order valence-electron chi connectivity index (χ3n) is 1.17. The average Bonchev–Trinajstić information content (AvgIpc) is 1.82. The molecule has 0 saturated carbocycles. The Morgan fingerprint density at radius 3 is 2.56 bits per heavy atom. The lowest BCUT2D eigenvalue weighted by atomic mass is 10.2. The Bertz CT molecular complexity index is 97.0. The quantitative estimate of drug-likeness (QED) is 0.481. The van der Waals surface area contributed by atoms with Crippen LogP contribution in [0.1, 0.15) is 6.92 Å². The molecule has 0 aromatic rings. The summed E-state index contributed by atoms with van der Waals surface area (Å²) < 4.78 is 4.77. The first-order valence-electron chi connectivity index (χ1n) is 2.89. The molecule has 0 radical (unpaired) electrons. The van der Waals surface area contributed by atoms with Crippen LogP contribution in [0.3, 0.4) is 0 Å². The van der Waals surface area contributed by atoms with E-state index in [0.29, 0.717) is 6.61 Å². The Morgan fingerprint density at radius 2 is 2.44 bits per heavy atom. The Kier molecular flexibility index (Phi) is 4.35. The molecular weight excluding hydrogens is 117 g/mol. The van der Waals surface area contributed by atoms with Crippen LogP contribution in [0.15, 0.2) is 0 Å². The summed E-state index contributed by atoms with van der Waals surface area (Å²) in [6.07, 6.45) is 0. The SMILES string of the molecule is BOCC(NC)C(C)=O. The van der Waals surface area contributed by atoms with E-state index in [0.717, 1.165) is 0 Å². The van der Waals surface area contributed by atoms with Gasteiger partial charge in [-0.05, 0) is 14.0 Å². The van der Waals surface area contributed by atoms with Crippen molar-refractivity contribution in [2.45, 2.75) is 13.0 Å². The minimum absolute atomic E-state index is 0.111. The molecule has 52 valence electrons. The predicted molar refractivity (Wildman–Crippen MR) is 38.0 cm³/mol. The molecule has 4 heteroatoms. The van der Waals surface area contributed by atoms with Gasteiger partial charge in [-0.1, -0.05) is 0 Å². The molecule has 9 heavy (non-hydrogen) atoms. The van der Waals surface area contributed by atoms with Crippen LogP contribution in [0.2, 0.25) is 0 Å². The van der Waals surface area contributed by atoms with E-state index >= 15 is 0 Å². The van der Waals surface area contributed by atoms with Gasteiger partial charge in [-0.2, -0.15) is 0 Å². The third kappa shape index (κ3) is 3.27. The minimum Gasteiger partial charge on any atom is -0.442 e. The minimum atomic E-state index is -0.144. The van der Waals surface area contributed by atoms with Gasteiger partial charge in [0.25, 0.3) is 8.05 Å². The summed E-state index contributed by atoms with van der Waals surface area (Å²) in [6, 6.07) is -0.144. The van der Waals surface area contributed by atoms with Gasteiger partial charge in [0.1, 0.15) is 5.78 Å². The number of hydrogen-bond donors (Lipinski definition) is 1. The van der Waals surface area contributed by atoms with Crippen LogP contribution in [0, 0.1) is 0 Å². The molecule has 0 aromatic heterocycles. The van der Waals surface area contributed by atoms with Crippen LogP contribution in [-0.4, -0.2) is 33.5 Å². The topological polar surface area (TPSA) is 38.3 Å². The molecule has 0 fully saturated rings. The van der Waals surface area contributed by atoms with Crippen LogP contribution in [0.4, 0.5) is 0 Å². The Morgan fingerprint density at radius 1 is 1.89 bits per heavy atom. The van der Waals surface area contributed by atoms with E-state index in [4.69, 9.17) is 4.65 Å². The van der Waals surface area contributed by atoms with E-state index in [1.54, 1.807) is 22.0 Å². The normalized spacial score (nSPS) is 13.1. The molecule has 0 saturated heterocycles. The summed E-state index contributed by atoms with van der Waals surface area (Å²) in [6.45, 7) is 1.99.